The van der Waals surface area contributed by atoms with Gasteiger partial charge in [-0.2, -0.15) is 0 Å². The summed E-state index contributed by atoms with van der Waals surface area (Å²) in [5.41, 5.74) is 0. The van der Waals surface area contributed by atoms with E-state index in [1.807, 2.05) is 13.8 Å². The lowest BCUT2D eigenvalue weighted by Gasteiger charge is -2.03. The van der Waals surface area contributed by atoms with Gasteiger partial charge in [-0.1, -0.05) is 26.7 Å². The third-order valence-corrected chi connectivity index (χ3v) is 2.66. The number of carbonyl (C=O) groups excluding carboxylic acids is 2. The number of halogens is 1. The fourth-order valence-corrected chi connectivity index (χ4v) is 1.31. The predicted octanol–water partition coefficient (Wildman–Crippen LogP) is 2.99. The lowest BCUT2D eigenvalue weighted by Crippen LogP contribution is -2.09. The molecule has 0 saturated carbocycles. The van der Waals surface area contributed by atoms with Crippen LogP contribution < -0.4 is 0 Å². The van der Waals surface area contributed by atoms with Crippen LogP contribution in [-0.4, -0.2) is 25.2 Å². The first-order valence-corrected chi connectivity index (χ1v) is 6.90. The number of hydrogen-bond acceptors (Lipinski definition) is 4. The van der Waals surface area contributed by atoms with Gasteiger partial charge in [-0.25, -0.2) is 9.59 Å². The molecule has 0 N–H and O–H groups in total. The summed E-state index contributed by atoms with van der Waals surface area (Å²) >= 11 is 1.78. The first-order valence-electron chi connectivity index (χ1n) is 5.82. The fourth-order valence-electron chi connectivity index (χ4n) is 0.899. The molecule has 4 nitrogen and oxygen atoms in total. The number of rotatable bonds is 8. The quantitative estimate of drug-likeness (QED) is 0.291. The Kier molecular flexibility index (Phi) is 10.2. The maximum Gasteiger partial charge on any atom is 0.344 e. The van der Waals surface area contributed by atoms with Gasteiger partial charge in [0.1, 0.15) is 3.58 Å². The van der Waals surface area contributed by atoms with E-state index in [1.54, 1.807) is 22.6 Å². The first-order chi connectivity index (χ1) is 8.11. The van der Waals surface area contributed by atoms with Crippen LogP contribution in [-0.2, 0) is 19.1 Å². The van der Waals surface area contributed by atoms with Crippen LogP contribution in [0.15, 0.2) is 9.66 Å². The predicted molar refractivity (Wildman–Crippen MR) is 73.8 cm³/mol. The van der Waals surface area contributed by atoms with Gasteiger partial charge in [-0.15, -0.1) is 0 Å². The second-order valence-corrected chi connectivity index (χ2v) is 4.66. The molecule has 98 valence electrons. The highest BCUT2D eigenvalue weighted by Crippen LogP contribution is 2.09. The van der Waals surface area contributed by atoms with Crippen LogP contribution in [0.3, 0.4) is 0 Å². The topological polar surface area (TPSA) is 52.6 Å². The highest BCUT2D eigenvalue weighted by atomic mass is 127. The summed E-state index contributed by atoms with van der Waals surface area (Å²) < 4.78 is 10.1. The Hall–Kier alpha value is -0.590. The molecule has 0 bridgehead atoms. The van der Waals surface area contributed by atoms with Crippen molar-refractivity contribution >= 4 is 34.5 Å². The molecule has 0 unspecified atom stereocenters. The van der Waals surface area contributed by atoms with Crippen molar-refractivity contribution in [2.24, 2.45) is 0 Å². The van der Waals surface area contributed by atoms with Gasteiger partial charge in [0, 0.05) is 6.08 Å². The van der Waals surface area contributed by atoms with Crippen LogP contribution in [0.5, 0.6) is 0 Å². The van der Waals surface area contributed by atoms with E-state index in [1.165, 1.54) is 6.08 Å². The highest BCUT2D eigenvalue weighted by Gasteiger charge is 2.10. The lowest BCUT2D eigenvalue weighted by molar-refractivity contribution is -0.140. The molecule has 5 heteroatoms. The van der Waals surface area contributed by atoms with Gasteiger partial charge in [0.25, 0.3) is 0 Å². The minimum Gasteiger partial charge on any atom is -0.463 e. The Morgan fingerprint density at radius 1 is 1.06 bits per heavy atom. The average Bonchev–Trinajstić information content (AvgIpc) is 2.29. The third-order valence-electron chi connectivity index (χ3n) is 1.91. The van der Waals surface area contributed by atoms with Crippen molar-refractivity contribution in [2.75, 3.05) is 13.2 Å². The molecule has 0 spiro atoms. The monoisotopic (exact) mass is 354 g/mol. The van der Waals surface area contributed by atoms with Crippen molar-refractivity contribution in [1.29, 1.82) is 0 Å². The minimum atomic E-state index is -0.490. The van der Waals surface area contributed by atoms with E-state index < -0.39 is 11.9 Å². The van der Waals surface area contributed by atoms with Gasteiger partial charge in [-0.3, -0.25) is 0 Å². The number of esters is 2. The van der Waals surface area contributed by atoms with Crippen molar-refractivity contribution in [3.8, 4) is 0 Å². The van der Waals surface area contributed by atoms with Crippen molar-refractivity contribution in [3.63, 3.8) is 0 Å². The number of carbonyl (C=O) groups is 2. The molecule has 0 aliphatic rings. The molecular formula is C12H19IO4. The molecule has 0 aromatic heterocycles. The standard InChI is InChI=1S/C12H19IO4/c1-3-5-7-16-11(14)9-10(13)12(15)17-8-6-4-2/h9H,3-8H2,1-2H3/b10-9+. The summed E-state index contributed by atoms with van der Waals surface area (Å²) in [5.74, 6) is -0.957. The van der Waals surface area contributed by atoms with Crippen LogP contribution in [0.4, 0.5) is 0 Å². The Bertz CT molecular complexity index is 274. The molecule has 0 radical (unpaired) electrons. The molecule has 0 amide bonds. The second-order valence-electron chi connectivity index (χ2n) is 3.50. The summed E-state index contributed by atoms with van der Waals surface area (Å²) in [5, 5.41) is 0. The van der Waals surface area contributed by atoms with Crippen molar-refractivity contribution in [3.05, 3.63) is 9.66 Å². The SMILES string of the molecule is CCCCOC(=O)/C=C(/I)C(=O)OCCCC. The van der Waals surface area contributed by atoms with Gasteiger partial charge in [0.05, 0.1) is 13.2 Å². The molecule has 0 atom stereocenters. The summed E-state index contributed by atoms with van der Waals surface area (Å²) in [6.45, 7) is 4.81. The normalized spacial score (nSPS) is 11.1. The van der Waals surface area contributed by atoms with Crippen LogP contribution in [0.25, 0.3) is 0 Å². The van der Waals surface area contributed by atoms with Gasteiger partial charge in [0.15, 0.2) is 0 Å². The van der Waals surface area contributed by atoms with Crippen molar-refractivity contribution in [2.45, 2.75) is 39.5 Å². The zero-order valence-electron chi connectivity index (χ0n) is 10.3. The van der Waals surface area contributed by atoms with E-state index in [9.17, 15) is 9.59 Å². The van der Waals surface area contributed by atoms with Gasteiger partial charge in [-0.05, 0) is 35.4 Å². The largest absolute Gasteiger partial charge is 0.463 e. The Balaban J connectivity index is 3.96. The fraction of sp³-hybridized carbons (Fsp3) is 0.667. The van der Waals surface area contributed by atoms with E-state index in [0.717, 1.165) is 25.7 Å². The van der Waals surface area contributed by atoms with E-state index in [4.69, 9.17) is 9.47 Å². The second kappa shape index (κ2) is 10.6. The molecule has 17 heavy (non-hydrogen) atoms. The molecular weight excluding hydrogens is 335 g/mol. The molecule has 0 aliphatic carbocycles. The van der Waals surface area contributed by atoms with E-state index in [0.29, 0.717) is 13.2 Å². The molecule has 0 aromatic rings. The van der Waals surface area contributed by atoms with Gasteiger partial charge in [0.2, 0.25) is 0 Å². The number of hydrogen-bond donors (Lipinski definition) is 0. The lowest BCUT2D eigenvalue weighted by atomic mass is 10.4. The zero-order valence-corrected chi connectivity index (χ0v) is 12.5. The van der Waals surface area contributed by atoms with E-state index in [-0.39, 0.29) is 3.58 Å². The van der Waals surface area contributed by atoms with Crippen LogP contribution in [0.2, 0.25) is 0 Å². The molecule has 0 saturated heterocycles. The number of ether oxygens (including phenoxy) is 2. The average molecular weight is 354 g/mol. The molecule has 0 heterocycles. The van der Waals surface area contributed by atoms with Crippen molar-refractivity contribution < 1.29 is 19.1 Å². The highest BCUT2D eigenvalue weighted by molar-refractivity contribution is 14.1. The minimum absolute atomic E-state index is 0.250. The van der Waals surface area contributed by atoms with E-state index in [2.05, 4.69) is 0 Å². The summed E-state index contributed by atoms with van der Waals surface area (Å²) in [7, 11) is 0. The Labute approximate surface area is 116 Å². The third kappa shape index (κ3) is 9.14. The summed E-state index contributed by atoms with van der Waals surface area (Å²) in [6.07, 6.45) is 4.76. The molecule has 0 aliphatic heterocycles. The van der Waals surface area contributed by atoms with Gasteiger partial charge >= 0.3 is 11.9 Å². The molecule has 0 aromatic carbocycles. The van der Waals surface area contributed by atoms with Crippen LogP contribution in [0.1, 0.15) is 39.5 Å². The zero-order chi connectivity index (χ0) is 13.1. The van der Waals surface area contributed by atoms with Crippen LogP contribution >= 0.6 is 22.6 Å². The Morgan fingerprint density at radius 3 is 2.12 bits per heavy atom. The smallest absolute Gasteiger partial charge is 0.344 e. The van der Waals surface area contributed by atoms with Crippen LogP contribution in [0, 0.1) is 0 Å². The van der Waals surface area contributed by atoms with Crippen molar-refractivity contribution in [1.82, 2.24) is 0 Å². The summed E-state index contributed by atoms with van der Waals surface area (Å²) in [6, 6.07) is 0. The first kappa shape index (κ1) is 16.4. The maximum atomic E-state index is 11.4. The molecule has 0 fully saturated rings. The summed E-state index contributed by atoms with van der Waals surface area (Å²) in [4.78, 5) is 22.6. The van der Waals surface area contributed by atoms with Gasteiger partial charge < -0.3 is 9.47 Å². The molecule has 0 rings (SSSR count). The Morgan fingerprint density at radius 2 is 1.59 bits per heavy atom. The maximum absolute atomic E-state index is 11.4. The number of unbranched alkanes of at least 4 members (excludes halogenated alkanes) is 2. The van der Waals surface area contributed by atoms with E-state index >= 15 is 0 Å².